The standard InChI is InChI=1S/C30H29ClFN7O4/c31-19-3-1-18(2-4-19)13-26-33-9-5-28(35-26)42-20-6-10-38(11-7-20)17-27-34-24-14-22(29-36-30(40)43-37-29)23(32)15-25(24)39(27)16-21-8-12-41-21/h1-5,9,14-15,20-21H,6-8,10-13,16-17H2,(H,36,37,40). The molecule has 2 aliphatic heterocycles. The molecular formula is C30H29ClFN7O4. The quantitative estimate of drug-likeness (QED) is 0.260. The number of hydrogen-bond acceptors (Lipinski definition) is 9. The van der Waals surface area contributed by atoms with E-state index in [0.29, 0.717) is 47.3 Å². The predicted octanol–water partition coefficient (Wildman–Crippen LogP) is 4.39. The van der Waals surface area contributed by atoms with Crippen LogP contribution in [-0.4, -0.2) is 66.5 Å². The van der Waals surface area contributed by atoms with Crippen LogP contribution in [0.4, 0.5) is 4.39 Å². The molecule has 0 bridgehead atoms. The second-order valence-corrected chi connectivity index (χ2v) is 11.3. The summed E-state index contributed by atoms with van der Waals surface area (Å²) < 4.78 is 33.7. The van der Waals surface area contributed by atoms with E-state index in [2.05, 4.69) is 29.5 Å². The smallest absolute Gasteiger partial charge is 0.439 e. The number of nitrogens with one attached hydrogen (secondary N) is 1. The van der Waals surface area contributed by atoms with Crippen LogP contribution in [0.15, 0.2) is 58.0 Å². The Kier molecular flexibility index (Phi) is 7.64. The van der Waals surface area contributed by atoms with Gasteiger partial charge in [-0.15, -0.1) is 0 Å². The maximum absolute atomic E-state index is 15.2. The minimum Gasteiger partial charge on any atom is -0.474 e. The Labute approximate surface area is 250 Å². The largest absolute Gasteiger partial charge is 0.474 e. The predicted molar refractivity (Wildman–Crippen MR) is 155 cm³/mol. The summed E-state index contributed by atoms with van der Waals surface area (Å²) in [5.74, 6) is 0.877. The van der Waals surface area contributed by atoms with E-state index in [1.165, 1.54) is 6.07 Å². The number of hydrogen-bond donors (Lipinski definition) is 1. The normalized spacial score (nSPS) is 17.8. The first-order valence-electron chi connectivity index (χ1n) is 14.3. The molecule has 2 fully saturated rings. The first-order valence-corrected chi connectivity index (χ1v) is 14.7. The van der Waals surface area contributed by atoms with Crippen LogP contribution >= 0.6 is 11.6 Å². The lowest BCUT2D eigenvalue weighted by atomic mass is 10.1. The molecule has 1 N–H and O–H groups in total. The molecule has 7 rings (SSSR count). The molecule has 0 spiro atoms. The third kappa shape index (κ3) is 6.17. The van der Waals surface area contributed by atoms with Crippen LogP contribution in [0, 0.1) is 5.82 Å². The highest BCUT2D eigenvalue weighted by atomic mass is 35.5. The molecule has 222 valence electrons. The zero-order valence-electron chi connectivity index (χ0n) is 23.2. The molecule has 2 saturated heterocycles. The van der Waals surface area contributed by atoms with Gasteiger partial charge in [0.05, 0.1) is 35.8 Å². The van der Waals surface area contributed by atoms with E-state index in [-0.39, 0.29) is 23.6 Å². The SMILES string of the molecule is O=c1[nH]c(-c2cc3nc(CN4CCC(Oc5ccnc(Cc6ccc(Cl)cc6)n5)CC4)n(CC4CCO4)c3cc2F)no1. The number of rotatable bonds is 9. The number of benzene rings is 2. The first kappa shape index (κ1) is 27.7. The third-order valence-electron chi connectivity index (χ3n) is 7.93. The van der Waals surface area contributed by atoms with E-state index < -0.39 is 11.6 Å². The number of halogens is 2. The Hall–Kier alpha value is -4.13. The molecule has 2 aliphatic rings. The molecule has 13 heteroatoms. The van der Waals surface area contributed by atoms with E-state index >= 15 is 4.39 Å². The van der Waals surface area contributed by atoms with Crippen LogP contribution in [0.2, 0.25) is 5.02 Å². The lowest BCUT2D eigenvalue weighted by Gasteiger charge is -2.32. The van der Waals surface area contributed by atoms with Gasteiger partial charge in [0.1, 0.15) is 23.6 Å². The maximum atomic E-state index is 15.2. The van der Waals surface area contributed by atoms with Crippen molar-refractivity contribution in [3.8, 4) is 17.3 Å². The molecule has 1 atom stereocenters. The highest BCUT2D eigenvalue weighted by Crippen LogP contribution is 2.29. The lowest BCUT2D eigenvalue weighted by Crippen LogP contribution is -2.39. The van der Waals surface area contributed by atoms with Crippen molar-refractivity contribution in [1.29, 1.82) is 0 Å². The Morgan fingerprint density at radius 3 is 2.63 bits per heavy atom. The molecule has 43 heavy (non-hydrogen) atoms. The molecule has 0 aliphatic carbocycles. The van der Waals surface area contributed by atoms with Gasteiger partial charge >= 0.3 is 5.76 Å². The van der Waals surface area contributed by atoms with E-state index in [0.717, 1.165) is 50.3 Å². The topological polar surface area (TPSA) is 124 Å². The Morgan fingerprint density at radius 2 is 1.91 bits per heavy atom. The van der Waals surface area contributed by atoms with Gasteiger partial charge in [0.25, 0.3) is 0 Å². The fourth-order valence-corrected chi connectivity index (χ4v) is 5.68. The monoisotopic (exact) mass is 605 g/mol. The minimum atomic E-state index is -0.742. The fourth-order valence-electron chi connectivity index (χ4n) is 5.55. The summed E-state index contributed by atoms with van der Waals surface area (Å²) in [6.07, 6.45) is 5.06. The second kappa shape index (κ2) is 11.9. The molecule has 2 aromatic carbocycles. The van der Waals surface area contributed by atoms with Crippen LogP contribution < -0.4 is 10.5 Å². The van der Waals surface area contributed by atoms with Crippen molar-refractivity contribution in [3.63, 3.8) is 0 Å². The summed E-state index contributed by atoms with van der Waals surface area (Å²) in [4.78, 5) is 30.1. The van der Waals surface area contributed by atoms with E-state index in [1.807, 2.05) is 28.8 Å². The zero-order chi connectivity index (χ0) is 29.3. The average molecular weight is 606 g/mol. The van der Waals surface area contributed by atoms with Crippen molar-refractivity contribution >= 4 is 22.6 Å². The number of likely N-dealkylation sites (tertiary alicyclic amines) is 1. The number of ether oxygens (including phenoxy) is 2. The number of aromatic nitrogens is 6. The number of piperidine rings is 1. The maximum Gasteiger partial charge on any atom is 0.439 e. The van der Waals surface area contributed by atoms with Crippen LogP contribution in [0.5, 0.6) is 5.88 Å². The minimum absolute atomic E-state index is 0.0330. The number of nitrogens with zero attached hydrogens (tertiary/aromatic N) is 6. The summed E-state index contributed by atoms with van der Waals surface area (Å²) >= 11 is 6.00. The van der Waals surface area contributed by atoms with Crippen LogP contribution in [-0.2, 0) is 24.2 Å². The summed E-state index contributed by atoms with van der Waals surface area (Å²) in [5.41, 5.74) is 2.50. The van der Waals surface area contributed by atoms with Crippen molar-refractivity contribution in [1.82, 2.24) is 34.6 Å². The van der Waals surface area contributed by atoms with Crippen LogP contribution in [0.3, 0.4) is 0 Å². The average Bonchev–Trinajstić information content (AvgIpc) is 3.55. The number of aromatic amines is 1. The van der Waals surface area contributed by atoms with Crippen molar-refractivity contribution in [3.05, 3.63) is 87.3 Å². The van der Waals surface area contributed by atoms with Crippen molar-refractivity contribution < 1.29 is 18.4 Å². The fraction of sp³-hybridized carbons (Fsp3) is 0.367. The van der Waals surface area contributed by atoms with Gasteiger partial charge in [0.15, 0.2) is 5.82 Å². The molecule has 0 amide bonds. The Balaban J connectivity index is 1.03. The highest BCUT2D eigenvalue weighted by Gasteiger charge is 2.26. The molecule has 3 aromatic heterocycles. The molecule has 5 heterocycles. The van der Waals surface area contributed by atoms with Crippen molar-refractivity contribution in [2.75, 3.05) is 19.7 Å². The van der Waals surface area contributed by atoms with Crippen molar-refractivity contribution in [2.24, 2.45) is 0 Å². The van der Waals surface area contributed by atoms with Gasteiger partial charge in [-0.25, -0.2) is 19.2 Å². The van der Waals surface area contributed by atoms with E-state index in [1.54, 1.807) is 18.3 Å². The second-order valence-electron chi connectivity index (χ2n) is 10.9. The highest BCUT2D eigenvalue weighted by molar-refractivity contribution is 6.30. The van der Waals surface area contributed by atoms with Gasteiger partial charge in [-0.3, -0.25) is 14.4 Å². The van der Waals surface area contributed by atoms with E-state index in [4.69, 9.17) is 26.1 Å². The summed E-state index contributed by atoms with van der Waals surface area (Å²) in [7, 11) is 0. The van der Waals surface area contributed by atoms with Crippen molar-refractivity contribution in [2.45, 2.75) is 51.0 Å². The Bertz CT molecular complexity index is 1790. The zero-order valence-corrected chi connectivity index (χ0v) is 24.0. The van der Waals surface area contributed by atoms with Crippen LogP contribution in [0.25, 0.3) is 22.4 Å². The van der Waals surface area contributed by atoms with Gasteiger partial charge in [-0.1, -0.05) is 28.9 Å². The number of fused-ring (bicyclic) bond motifs is 1. The summed E-state index contributed by atoms with van der Waals surface area (Å²) in [6.45, 7) is 3.56. The van der Waals surface area contributed by atoms with Gasteiger partial charge in [0.2, 0.25) is 5.88 Å². The first-order chi connectivity index (χ1) is 21.0. The molecule has 5 aromatic rings. The molecule has 0 saturated carbocycles. The number of H-pyrrole nitrogens is 1. The van der Waals surface area contributed by atoms with Gasteiger partial charge < -0.3 is 14.0 Å². The van der Waals surface area contributed by atoms with E-state index in [9.17, 15) is 4.79 Å². The molecule has 1 unspecified atom stereocenters. The summed E-state index contributed by atoms with van der Waals surface area (Å²) in [6, 6.07) is 12.5. The number of imidazole rings is 1. The van der Waals surface area contributed by atoms with Crippen LogP contribution in [0.1, 0.15) is 36.5 Å². The molecular weight excluding hydrogens is 577 g/mol. The molecule has 0 radical (unpaired) electrons. The van der Waals surface area contributed by atoms with Gasteiger partial charge in [-0.2, -0.15) is 4.98 Å². The van der Waals surface area contributed by atoms with Gasteiger partial charge in [0, 0.05) is 49.5 Å². The van der Waals surface area contributed by atoms with Gasteiger partial charge in [-0.05, 0) is 43.0 Å². The third-order valence-corrected chi connectivity index (χ3v) is 8.19. The molecule has 11 nitrogen and oxygen atoms in total. The lowest BCUT2D eigenvalue weighted by molar-refractivity contribution is -0.0592. The summed E-state index contributed by atoms with van der Waals surface area (Å²) in [5, 5.41) is 4.34. The Morgan fingerprint density at radius 1 is 1.09 bits per heavy atom.